The molecule has 0 aliphatic carbocycles. The Hall–Kier alpha value is -1.20. The average molecular weight is 371 g/mol. The highest BCUT2D eigenvalue weighted by atomic mass is 28.2. The maximum absolute atomic E-state index is 6.13. The molecule has 0 saturated heterocycles. The molecule has 0 aromatic rings. The zero-order valence-electron chi connectivity index (χ0n) is 17.8. The van der Waals surface area contributed by atoms with Gasteiger partial charge in [0.05, 0.1) is 24.9 Å². The summed E-state index contributed by atoms with van der Waals surface area (Å²) in [6, 6.07) is 0. The third-order valence-corrected chi connectivity index (χ3v) is 4.67. The Morgan fingerprint density at radius 2 is 1.12 bits per heavy atom. The van der Waals surface area contributed by atoms with E-state index in [9.17, 15) is 0 Å². The van der Waals surface area contributed by atoms with Crippen LogP contribution in [0.1, 0.15) is 68.7 Å². The molecule has 0 rings (SSSR count). The van der Waals surface area contributed by atoms with Gasteiger partial charge in [-0.2, -0.15) is 0 Å². The molecular formula is C20H38O4Si. The fourth-order valence-electron chi connectivity index (χ4n) is 2.53. The van der Waals surface area contributed by atoms with Gasteiger partial charge in [0, 0.05) is 6.42 Å². The van der Waals surface area contributed by atoms with Crippen LogP contribution in [0.2, 0.25) is 0 Å². The first-order chi connectivity index (χ1) is 11.5. The molecule has 0 fully saturated rings. The lowest BCUT2D eigenvalue weighted by Crippen LogP contribution is -2.54. The van der Waals surface area contributed by atoms with Crippen molar-refractivity contribution in [2.45, 2.75) is 92.6 Å². The first-order valence-electron chi connectivity index (χ1n) is 8.96. The number of rotatable bonds is 11. The lowest BCUT2D eigenvalue weighted by atomic mass is 9.86. The predicted octanol–water partition coefficient (Wildman–Crippen LogP) is 4.40. The van der Waals surface area contributed by atoms with Crippen molar-refractivity contribution in [3.8, 4) is 0 Å². The summed E-state index contributed by atoms with van der Waals surface area (Å²) in [6.45, 7) is 18.2. The predicted molar refractivity (Wildman–Crippen MR) is 108 cm³/mol. The molecule has 25 heavy (non-hydrogen) atoms. The SMILES string of the molecule is CC(C)=COC(C)CC(O[SiH3])(C(C)OC=C(C)C)C(C)OC=C(C)C. The molecular weight excluding hydrogens is 332 g/mol. The second kappa shape index (κ2) is 11.4. The van der Waals surface area contributed by atoms with Crippen LogP contribution in [0.3, 0.4) is 0 Å². The van der Waals surface area contributed by atoms with Gasteiger partial charge in [0.2, 0.25) is 0 Å². The summed E-state index contributed by atoms with van der Waals surface area (Å²) in [6.07, 6.45) is 5.70. The van der Waals surface area contributed by atoms with E-state index in [1.807, 2.05) is 55.4 Å². The molecule has 3 atom stereocenters. The van der Waals surface area contributed by atoms with Crippen LogP contribution in [0, 0.1) is 0 Å². The summed E-state index contributed by atoms with van der Waals surface area (Å²) in [5.41, 5.74) is 2.77. The van der Waals surface area contributed by atoms with Gasteiger partial charge in [-0.1, -0.05) is 0 Å². The molecule has 146 valence electrons. The smallest absolute Gasteiger partial charge is 0.147 e. The maximum atomic E-state index is 6.13. The van der Waals surface area contributed by atoms with Crippen molar-refractivity contribution in [1.82, 2.24) is 0 Å². The third-order valence-electron chi connectivity index (χ3n) is 3.91. The first kappa shape index (κ1) is 23.8. The fourth-order valence-corrected chi connectivity index (χ4v) is 3.36. The molecule has 0 aliphatic heterocycles. The molecule has 0 radical (unpaired) electrons. The average Bonchev–Trinajstić information content (AvgIpc) is 2.53. The van der Waals surface area contributed by atoms with Gasteiger partial charge in [-0.05, 0) is 79.0 Å². The van der Waals surface area contributed by atoms with Crippen molar-refractivity contribution in [3.63, 3.8) is 0 Å². The summed E-state index contributed by atoms with van der Waals surface area (Å²) in [4.78, 5) is 0. The van der Waals surface area contributed by atoms with Crippen LogP contribution in [0.25, 0.3) is 0 Å². The Morgan fingerprint density at radius 3 is 1.44 bits per heavy atom. The molecule has 0 aliphatic rings. The fraction of sp³-hybridized carbons (Fsp3) is 0.700. The van der Waals surface area contributed by atoms with Crippen LogP contribution >= 0.6 is 0 Å². The quantitative estimate of drug-likeness (QED) is 0.399. The molecule has 4 nitrogen and oxygen atoms in total. The van der Waals surface area contributed by atoms with Crippen LogP contribution in [0.4, 0.5) is 0 Å². The molecule has 5 heteroatoms. The Bertz CT molecular complexity index is 444. The van der Waals surface area contributed by atoms with Gasteiger partial charge in [0.25, 0.3) is 0 Å². The van der Waals surface area contributed by atoms with E-state index >= 15 is 0 Å². The van der Waals surface area contributed by atoms with Gasteiger partial charge in [-0.15, -0.1) is 0 Å². The topological polar surface area (TPSA) is 36.9 Å². The van der Waals surface area contributed by atoms with Crippen molar-refractivity contribution in [2.24, 2.45) is 0 Å². The summed E-state index contributed by atoms with van der Waals surface area (Å²) in [5, 5.41) is 0. The van der Waals surface area contributed by atoms with E-state index in [1.54, 1.807) is 18.8 Å². The van der Waals surface area contributed by atoms with Crippen molar-refractivity contribution in [3.05, 3.63) is 35.5 Å². The van der Waals surface area contributed by atoms with Crippen LogP contribution in [0.15, 0.2) is 35.5 Å². The minimum atomic E-state index is -0.584. The van der Waals surface area contributed by atoms with E-state index in [-0.39, 0.29) is 18.3 Å². The van der Waals surface area contributed by atoms with Crippen LogP contribution in [-0.4, -0.2) is 34.4 Å². The van der Waals surface area contributed by atoms with E-state index in [1.165, 1.54) is 0 Å². The van der Waals surface area contributed by atoms with Gasteiger partial charge in [-0.25, -0.2) is 0 Å². The van der Waals surface area contributed by atoms with E-state index in [0.29, 0.717) is 16.9 Å². The van der Waals surface area contributed by atoms with Crippen molar-refractivity contribution in [1.29, 1.82) is 0 Å². The number of allylic oxidation sites excluding steroid dienone is 3. The standard InChI is InChI=1S/C20H38O4Si/c1-14(2)11-21-17(7)10-20(24-25,18(8)22-12-15(3)4)19(9)23-13-16(5)6/h11-13,17-19H,10H2,1-9,25H3. The zero-order chi connectivity index (χ0) is 19.6. The maximum Gasteiger partial charge on any atom is 0.147 e. The molecule has 3 unspecified atom stereocenters. The second-order valence-corrected chi connectivity index (χ2v) is 7.86. The van der Waals surface area contributed by atoms with E-state index in [2.05, 4.69) is 6.92 Å². The zero-order valence-corrected chi connectivity index (χ0v) is 19.8. The molecule has 0 heterocycles. The van der Waals surface area contributed by atoms with Crippen molar-refractivity contribution < 1.29 is 18.6 Å². The van der Waals surface area contributed by atoms with E-state index < -0.39 is 5.60 Å². The number of ether oxygens (including phenoxy) is 3. The van der Waals surface area contributed by atoms with E-state index in [4.69, 9.17) is 18.6 Å². The third kappa shape index (κ3) is 8.63. The number of hydrogen-bond donors (Lipinski definition) is 0. The highest BCUT2D eigenvalue weighted by molar-refractivity contribution is 5.98. The monoisotopic (exact) mass is 370 g/mol. The van der Waals surface area contributed by atoms with Gasteiger partial charge in [-0.3, -0.25) is 0 Å². The Kier molecular flexibility index (Phi) is 10.9. The second-order valence-electron chi connectivity index (χ2n) is 7.45. The minimum absolute atomic E-state index is 0.0145. The minimum Gasteiger partial charge on any atom is -0.498 e. The van der Waals surface area contributed by atoms with Crippen LogP contribution in [0.5, 0.6) is 0 Å². The normalized spacial score (nSPS) is 16.7. The molecule has 0 amide bonds. The van der Waals surface area contributed by atoms with Crippen molar-refractivity contribution in [2.75, 3.05) is 0 Å². The summed E-state index contributed by atoms with van der Waals surface area (Å²) < 4.78 is 23.9. The van der Waals surface area contributed by atoms with Crippen molar-refractivity contribution >= 4 is 10.5 Å². The summed E-state index contributed by atoms with van der Waals surface area (Å²) in [5.74, 6) is 0. The molecule has 0 bridgehead atoms. The first-order valence-corrected chi connectivity index (χ1v) is 9.78. The summed E-state index contributed by atoms with van der Waals surface area (Å²) in [7, 11) is 0.582. The van der Waals surface area contributed by atoms with Gasteiger partial charge >= 0.3 is 0 Å². The molecule has 0 spiro atoms. The molecule has 0 aromatic heterocycles. The number of hydrogen-bond acceptors (Lipinski definition) is 4. The van der Waals surface area contributed by atoms with Crippen LogP contribution < -0.4 is 0 Å². The lowest BCUT2D eigenvalue weighted by molar-refractivity contribution is -0.138. The molecule has 0 saturated carbocycles. The van der Waals surface area contributed by atoms with E-state index in [0.717, 1.165) is 16.7 Å². The molecule has 0 aromatic carbocycles. The Labute approximate surface area is 157 Å². The van der Waals surface area contributed by atoms with Crippen LogP contribution in [-0.2, 0) is 18.6 Å². The van der Waals surface area contributed by atoms with Gasteiger partial charge in [0.15, 0.2) is 0 Å². The molecule has 0 N–H and O–H groups in total. The highest BCUT2D eigenvalue weighted by Gasteiger charge is 2.45. The highest BCUT2D eigenvalue weighted by Crippen LogP contribution is 2.32. The Morgan fingerprint density at radius 1 is 0.760 bits per heavy atom. The lowest BCUT2D eigenvalue weighted by Gasteiger charge is -2.43. The Balaban J connectivity index is 5.52. The van der Waals surface area contributed by atoms with Gasteiger partial charge < -0.3 is 18.6 Å². The van der Waals surface area contributed by atoms with Gasteiger partial charge in [0.1, 0.15) is 28.3 Å². The largest absolute Gasteiger partial charge is 0.498 e. The summed E-state index contributed by atoms with van der Waals surface area (Å²) >= 11 is 0.